The first-order chi connectivity index (χ1) is 12.4. The molecule has 2 atom stereocenters. The summed E-state index contributed by atoms with van der Waals surface area (Å²) in [6, 6.07) is 16.5. The molecule has 1 saturated heterocycles. The van der Waals surface area contributed by atoms with E-state index in [1.54, 1.807) is 6.08 Å². The van der Waals surface area contributed by atoms with Crippen molar-refractivity contribution in [2.24, 2.45) is 4.99 Å². The number of hydrogen-bond acceptors (Lipinski definition) is 3. The van der Waals surface area contributed by atoms with E-state index in [0.717, 1.165) is 29.3 Å². The summed E-state index contributed by atoms with van der Waals surface area (Å²) in [6.07, 6.45) is 3.79. The zero-order chi connectivity index (χ0) is 18.3. The molecule has 0 spiro atoms. The highest BCUT2D eigenvalue weighted by atomic mass is 16.4. The van der Waals surface area contributed by atoms with Crippen molar-refractivity contribution in [3.8, 4) is 0 Å². The average molecular weight is 346 g/mol. The van der Waals surface area contributed by atoms with Crippen molar-refractivity contribution in [1.29, 1.82) is 0 Å². The molecule has 2 aliphatic rings. The summed E-state index contributed by atoms with van der Waals surface area (Å²) in [6.45, 7) is 4.48. The lowest BCUT2D eigenvalue weighted by Gasteiger charge is -2.41. The van der Waals surface area contributed by atoms with Gasteiger partial charge in [0.25, 0.3) is 0 Å². The molecule has 0 aliphatic carbocycles. The lowest BCUT2D eigenvalue weighted by atomic mass is 9.76. The number of piperidine rings is 1. The molecule has 26 heavy (non-hydrogen) atoms. The zero-order valence-electron chi connectivity index (χ0n) is 14.9. The molecule has 4 nitrogen and oxygen atoms in total. The maximum absolute atomic E-state index is 10.7. The molecule has 4 rings (SSSR count). The van der Waals surface area contributed by atoms with E-state index in [2.05, 4.69) is 49.5 Å². The number of aliphatic carboxylic acids is 1. The standard InChI is InChI=1S/C22H22N2O2/c1-22(2)13-17-16-5-3-4-6-18(16)23-21(17)20(24-22)15-10-7-14(8-11-15)9-12-19(25)26/h3-12,17,20,24H,13H2,1-2H3,(H,25,26). The molecule has 0 saturated carbocycles. The summed E-state index contributed by atoms with van der Waals surface area (Å²) in [5.41, 5.74) is 5.62. The second kappa shape index (κ2) is 6.22. The van der Waals surface area contributed by atoms with E-state index in [4.69, 9.17) is 10.1 Å². The average Bonchev–Trinajstić information content (AvgIpc) is 2.97. The predicted octanol–water partition coefficient (Wildman–Crippen LogP) is 4.47. The largest absolute Gasteiger partial charge is 0.478 e. The first kappa shape index (κ1) is 16.7. The maximum Gasteiger partial charge on any atom is 0.328 e. The molecule has 0 aromatic heterocycles. The summed E-state index contributed by atoms with van der Waals surface area (Å²) in [4.78, 5) is 15.6. The quantitative estimate of drug-likeness (QED) is 0.806. The maximum atomic E-state index is 10.7. The van der Waals surface area contributed by atoms with Gasteiger partial charge in [0.2, 0.25) is 0 Å². The molecule has 2 aliphatic heterocycles. The van der Waals surface area contributed by atoms with Crippen LogP contribution in [0.15, 0.2) is 59.6 Å². The van der Waals surface area contributed by atoms with Crippen LogP contribution in [-0.2, 0) is 4.79 Å². The number of hydrogen-bond donors (Lipinski definition) is 2. The Morgan fingerprint density at radius 2 is 1.92 bits per heavy atom. The van der Waals surface area contributed by atoms with Gasteiger partial charge >= 0.3 is 5.97 Å². The van der Waals surface area contributed by atoms with Gasteiger partial charge in [-0.2, -0.15) is 0 Å². The van der Waals surface area contributed by atoms with Gasteiger partial charge in [-0.05, 0) is 49.1 Å². The molecule has 2 heterocycles. The molecule has 0 amide bonds. The third-order valence-electron chi connectivity index (χ3n) is 5.15. The van der Waals surface area contributed by atoms with Crippen molar-refractivity contribution in [2.75, 3.05) is 0 Å². The van der Waals surface area contributed by atoms with Gasteiger partial charge in [-0.15, -0.1) is 0 Å². The third kappa shape index (κ3) is 3.08. The van der Waals surface area contributed by atoms with Gasteiger partial charge in [0.1, 0.15) is 0 Å². The van der Waals surface area contributed by atoms with E-state index >= 15 is 0 Å². The normalized spacial score (nSPS) is 23.4. The summed E-state index contributed by atoms with van der Waals surface area (Å²) in [7, 11) is 0. The molecule has 1 fully saturated rings. The van der Waals surface area contributed by atoms with E-state index < -0.39 is 5.97 Å². The smallest absolute Gasteiger partial charge is 0.328 e. The Balaban J connectivity index is 1.68. The van der Waals surface area contributed by atoms with Gasteiger partial charge in [-0.1, -0.05) is 42.5 Å². The zero-order valence-corrected chi connectivity index (χ0v) is 14.9. The number of carbonyl (C=O) groups is 1. The van der Waals surface area contributed by atoms with E-state index in [0.29, 0.717) is 5.92 Å². The second-order valence-corrected chi connectivity index (χ2v) is 7.65. The summed E-state index contributed by atoms with van der Waals surface area (Å²) in [5.74, 6) is -0.593. The van der Waals surface area contributed by atoms with Crippen molar-refractivity contribution in [2.45, 2.75) is 37.8 Å². The molecule has 0 radical (unpaired) electrons. The summed E-state index contributed by atoms with van der Waals surface area (Å²) >= 11 is 0. The van der Waals surface area contributed by atoms with Gasteiger partial charge in [0, 0.05) is 23.2 Å². The van der Waals surface area contributed by atoms with Crippen molar-refractivity contribution in [3.05, 3.63) is 71.3 Å². The molecular weight excluding hydrogens is 324 g/mol. The Morgan fingerprint density at radius 1 is 1.19 bits per heavy atom. The van der Waals surface area contributed by atoms with Crippen LogP contribution >= 0.6 is 0 Å². The Labute approximate surface area is 153 Å². The number of carboxylic acid groups (broad SMARTS) is 1. The van der Waals surface area contributed by atoms with Crippen LogP contribution in [0.3, 0.4) is 0 Å². The highest BCUT2D eigenvalue weighted by molar-refractivity contribution is 6.03. The topological polar surface area (TPSA) is 61.7 Å². The highest BCUT2D eigenvalue weighted by Crippen LogP contribution is 2.46. The minimum Gasteiger partial charge on any atom is -0.478 e. The molecule has 2 aromatic rings. The summed E-state index contributed by atoms with van der Waals surface area (Å²) in [5, 5.41) is 12.5. The van der Waals surface area contributed by atoms with Crippen molar-refractivity contribution in [1.82, 2.24) is 5.32 Å². The van der Waals surface area contributed by atoms with E-state index in [1.807, 2.05) is 18.2 Å². The number of nitrogens with one attached hydrogen (secondary N) is 1. The number of carboxylic acids is 1. The molecule has 4 heteroatoms. The lowest BCUT2D eigenvalue weighted by molar-refractivity contribution is -0.131. The van der Waals surface area contributed by atoms with Gasteiger partial charge in [-0.25, -0.2) is 4.79 Å². The van der Waals surface area contributed by atoms with Crippen LogP contribution in [0.4, 0.5) is 5.69 Å². The fourth-order valence-corrected chi connectivity index (χ4v) is 4.00. The number of fused-ring (bicyclic) bond motifs is 3. The van der Waals surface area contributed by atoms with E-state index in [9.17, 15) is 4.79 Å². The first-order valence-electron chi connectivity index (χ1n) is 8.89. The number of benzene rings is 2. The Hall–Kier alpha value is -2.72. The number of para-hydroxylation sites is 1. The van der Waals surface area contributed by atoms with Gasteiger partial charge < -0.3 is 10.4 Å². The SMILES string of the molecule is CC1(C)CC2C(=Nc3ccccc32)C(c2ccc(C=CC(=O)O)cc2)N1. The number of nitrogens with zero attached hydrogens (tertiary/aromatic N) is 1. The van der Waals surface area contributed by atoms with Gasteiger partial charge in [-0.3, -0.25) is 4.99 Å². The fraction of sp³-hybridized carbons (Fsp3) is 0.273. The third-order valence-corrected chi connectivity index (χ3v) is 5.15. The minimum absolute atomic E-state index is 0.00763. The van der Waals surface area contributed by atoms with Crippen LogP contribution in [0.2, 0.25) is 0 Å². The van der Waals surface area contributed by atoms with Gasteiger partial charge in [0.05, 0.1) is 11.7 Å². The van der Waals surface area contributed by atoms with Crippen LogP contribution in [0, 0.1) is 0 Å². The lowest BCUT2D eigenvalue weighted by Crippen LogP contribution is -2.51. The molecule has 2 aromatic carbocycles. The number of aliphatic imine (C=N–C) groups is 1. The molecule has 2 unspecified atom stereocenters. The van der Waals surface area contributed by atoms with Crippen molar-refractivity contribution >= 4 is 23.4 Å². The van der Waals surface area contributed by atoms with E-state index in [1.165, 1.54) is 11.3 Å². The molecule has 2 N–H and O–H groups in total. The monoisotopic (exact) mass is 346 g/mol. The second-order valence-electron chi connectivity index (χ2n) is 7.65. The number of rotatable bonds is 3. The fourth-order valence-electron chi connectivity index (χ4n) is 4.00. The Kier molecular flexibility index (Phi) is 4.00. The van der Waals surface area contributed by atoms with Crippen molar-refractivity contribution in [3.63, 3.8) is 0 Å². The Morgan fingerprint density at radius 3 is 2.65 bits per heavy atom. The van der Waals surface area contributed by atoms with E-state index in [-0.39, 0.29) is 11.6 Å². The van der Waals surface area contributed by atoms with Crippen LogP contribution in [-0.4, -0.2) is 22.3 Å². The predicted molar refractivity (Wildman–Crippen MR) is 104 cm³/mol. The van der Waals surface area contributed by atoms with Crippen LogP contribution in [0.25, 0.3) is 6.08 Å². The van der Waals surface area contributed by atoms with Crippen LogP contribution < -0.4 is 5.32 Å². The highest BCUT2D eigenvalue weighted by Gasteiger charge is 2.42. The summed E-state index contributed by atoms with van der Waals surface area (Å²) < 4.78 is 0. The van der Waals surface area contributed by atoms with Crippen molar-refractivity contribution < 1.29 is 9.90 Å². The van der Waals surface area contributed by atoms with Crippen LogP contribution in [0.1, 0.15) is 48.9 Å². The minimum atomic E-state index is -0.939. The Bertz CT molecular complexity index is 910. The van der Waals surface area contributed by atoms with Gasteiger partial charge in [0.15, 0.2) is 0 Å². The van der Waals surface area contributed by atoms with Crippen LogP contribution in [0.5, 0.6) is 0 Å². The first-order valence-corrected chi connectivity index (χ1v) is 8.89. The molecular formula is C22H22N2O2. The molecule has 132 valence electrons. The molecule has 0 bridgehead atoms.